The van der Waals surface area contributed by atoms with E-state index < -0.39 is 10.0 Å². The van der Waals surface area contributed by atoms with Crippen molar-refractivity contribution in [1.82, 2.24) is 9.62 Å². The predicted molar refractivity (Wildman–Crippen MR) is 109 cm³/mol. The minimum absolute atomic E-state index is 0. The van der Waals surface area contributed by atoms with Gasteiger partial charge in [-0.1, -0.05) is 18.2 Å². The van der Waals surface area contributed by atoms with Crippen LogP contribution in [0.5, 0.6) is 17.2 Å². The first-order chi connectivity index (χ1) is 13.0. The molecule has 2 aromatic rings. The fraction of sp³-hybridized carbons (Fsp3) is 0.368. The van der Waals surface area contributed by atoms with Crippen LogP contribution in [0.4, 0.5) is 0 Å². The molecule has 9 heteroatoms. The number of benzene rings is 2. The number of hydrogen-bond acceptors (Lipinski definition) is 6. The van der Waals surface area contributed by atoms with Gasteiger partial charge in [-0.2, -0.15) is 4.31 Å². The monoisotopic (exact) mass is 428 g/mol. The van der Waals surface area contributed by atoms with E-state index in [9.17, 15) is 8.42 Å². The molecule has 1 aliphatic heterocycles. The summed E-state index contributed by atoms with van der Waals surface area (Å²) in [4.78, 5) is 0.139. The number of ether oxygens (including phenoxy) is 3. The molecule has 0 aliphatic carbocycles. The molecule has 1 fully saturated rings. The van der Waals surface area contributed by atoms with Gasteiger partial charge in [-0.25, -0.2) is 8.42 Å². The molecule has 0 aromatic heterocycles. The van der Waals surface area contributed by atoms with Gasteiger partial charge in [-0.15, -0.1) is 12.4 Å². The maximum Gasteiger partial charge on any atom is 0.243 e. The summed E-state index contributed by atoms with van der Waals surface area (Å²) in [5, 5.41) is 3.27. The van der Waals surface area contributed by atoms with E-state index in [-0.39, 0.29) is 23.3 Å². The van der Waals surface area contributed by atoms with E-state index in [0.717, 1.165) is 5.56 Å². The third kappa shape index (κ3) is 4.35. The summed E-state index contributed by atoms with van der Waals surface area (Å²) in [5.74, 6) is 1.52. The Bertz CT molecular complexity index is 885. The van der Waals surface area contributed by atoms with Crippen molar-refractivity contribution in [3.8, 4) is 17.2 Å². The van der Waals surface area contributed by atoms with Gasteiger partial charge in [0.05, 0.1) is 32.3 Å². The van der Waals surface area contributed by atoms with Crippen LogP contribution in [0.2, 0.25) is 0 Å². The zero-order chi connectivity index (χ0) is 19.4. The second kappa shape index (κ2) is 9.47. The number of nitrogens with one attached hydrogen (secondary N) is 1. The first kappa shape index (κ1) is 22.3. The van der Waals surface area contributed by atoms with E-state index in [4.69, 9.17) is 14.2 Å². The highest BCUT2D eigenvalue weighted by atomic mass is 35.5. The van der Waals surface area contributed by atoms with Gasteiger partial charge in [0.2, 0.25) is 10.0 Å². The van der Waals surface area contributed by atoms with Crippen LogP contribution < -0.4 is 19.5 Å². The standard InChI is InChI=1S/C19H24N2O5S.ClH/c1-24-14-10-15(25-2)12-16(11-14)27(22,23)21-9-8-20-13-18(21)17-6-4-5-7-19(17)26-3;/h4-7,10-12,18,20H,8-9,13H2,1-3H3;1H. The Hall–Kier alpha value is -2.00. The van der Waals surface area contributed by atoms with E-state index in [1.807, 2.05) is 24.3 Å². The van der Waals surface area contributed by atoms with Crippen LogP contribution in [0.3, 0.4) is 0 Å². The van der Waals surface area contributed by atoms with Crippen LogP contribution >= 0.6 is 12.4 Å². The van der Waals surface area contributed by atoms with Crippen LogP contribution in [-0.4, -0.2) is 53.7 Å². The largest absolute Gasteiger partial charge is 0.497 e. The van der Waals surface area contributed by atoms with Gasteiger partial charge >= 0.3 is 0 Å². The molecule has 28 heavy (non-hydrogen) atoms. The molecule has 3 rings (SSSR count). The van der Waals surface area contributed by atoms with Gasteiger partial charge in [0.15, 0.2) is 0 Å². The Balaban J connectivity index is 0.00000280. The van der Waals surface area contributed by atoms with E-state index in [2.05, 4.69) is 5.32 Å². The molecular formula is C19H25ClN2O5S. The zero-order valence-electron chi connectivity index (χ0n) is 16.0. The number of piperazine rings is 1. The highest BCUT2D eigenvalue weighted by molar-refractivity contribution is 7.89. The summed E-state index contributed by atoms with van der Waals surface area (Å²) in [6.07, 6.45) is 0. The minimum Gasteiger partial charge on any atom is -0.497 e. The maximum atomic E-state index is 13.5. The molecule has 1 atom stereocenters. The van der Waals surface area contributed by atoms with Crippen molar-refractivity contribution in [2.45, 2.75) is 10.9 Å². The summed E-state index contributed by atoms with van der Waals surface area (Å²) < 4.78 is 44.3. The Kier molecular flexibility index (Phi) is 7.54. The number of methoxy groups -OCH3 is 3. The van der Waals surface area contributed by atoms with Crippen molar-refractivity contribution < 1.29 is 22.6 Å². The summed E-state index contributed by atoms with van der Waals surface area (Å²) in [7, 11) is 0.800. The second-order valence-corrected chi connectivity index (χ2v) is 8.02. The molecule has 1 unspecified atom stereocenters. The van der Waals surface area contributed by atoms with E-state index in [1.54, 1.807) is 13.2 Å². The summed E-state index contributed by atoms with van der Waals surface area (Å²) in [6, 6.07) is 11.8. The summed E-state index contributed by atoms with van der Waals surface area (Å²) >= 11 is 0. The van der Waals surface area contributed by atoms with Crippen molar-refractivity contribution in [3.05, 3.63) is 48.0 Å². The highest BCUT2D eigenvalue weighted by Gasteiger charge is 2.36. The number of rotatable bonds is 6. The molecule has 0 spiro atoms. The Morgan fingerprint density at radius 3 is 2.25 bits per heavy atom. The number of nitrogens with zero attached hydrogens (tertiary/aromatic N) is 1. The molecule has 0 amide bonds. The van der Waals surface area contributed by atoms with Gasteiger partial charge in [-0.05, 0) is 6.07 Å². The van der Waals surface area contributed by atoms with Crippen LogP contribution in [0.1, 0.15) is 11.6 Å². The van der Waals surface area contributed by atoms with Crippen molar-refractivity contribution >= 4 is 22.4 Å². The Morgan fingerprint density at radius 2 is 1.64 bits per heavy atom. The van der Waals surface area contributed by atoms with E-state index in [1.165, 1.54) is 30.7 Å². The predicted octanol–water partition coefficient (Wildman–Crippen LogP) is 2.47. The van der Waals surface area contributed by atoms with Gasteiger partial charge in [0, 0.05) is 43.4 Å². The summed E-state index contributed by atoms with van der Waals surface area (Å²) in [6.45, 7) is 1.43. The lowest BCUT2D eigenvalue weighted by Gasteiger charge is -2.36. The minimum atomic E-state index is -3.77. The van der Waals surface area contributed by atoms with Gasteiger partial charge in [0.1, 0.15) is 17.2 Å². The molecule has 1 N–H and O–H groups in total. The molecule has 1 saturated heterocycles. The maximum absolute atomic E-state index is 13.5. The first-order valence-corrected chi connectivity index (χ1v) is 10.0. The molecule has 2 aromatic carbocycles. The number of para-hydroxylation sites is 1. The smallest absolute Gasteiger partial charge is 0.243 e. The molecule has 0 saturated carbocycles. The third-order valence-electron chi connectivity index (χ3n) is 4.62. The van der Waals surface area contributed by atoms with Gasteiger partial charge in [-0.3, -0.25) is 0 Å². The van der Waals surface area contributed by atoms with Crippen molar-refractivity contribution in [3.63, 3.8) is 0 Å². The molecule has 0 bridgehead atoms. The van der Waals surface area contributed by atoms with E-state index in [0.29, 0.717) is 36.9 Å². The first-order valence-electron chi connectivity index (χ1n) is 8.60. The Labute approximate surface area is 172 Å². The van der Waals surface area contributed by atoms with Crippen LogP contribution in [-0.2, 0) is 10.0 Å². The fourth-order valence-electron chi connectivity index (χ4n) is 3.25. The normalized spacial score (nSPS) is 17.5. The molecular weight excluding hydrogens is 404 g/mol. The number of sulfonamides is 1. The number of halogens is 1. The van der Waals surface area contributed by atoms with Gasteiger partial charge in [0.25, 0.3) is 0 Å². The lowest BCUT2D eigenvalue weighted by atomic mass is 10.0. The zero-order valence-corrected chi connectivity index (χ0v) is 17.7. The third-order valence-corrected chi connectivity index (χ3v) is 6.51. The van der Waals surface area contributed by atoms with E-state index >= 15 is 0 Å². The molecule has 154 valence electrons. The second-order valence-electron chi connectivity index (χ2n) is 6.13. The topological polar surface area (TPSA) is 77.1 Å². The highest BCUT2D eigenvalue weighted by Crippen LogP contribution is 2.35. The van der Waals surface area contributed by atoms with Crippen LogP contribution in [0.15, 0.2) is 47.4 Å². The lowest BCUT2D eigenvalue weighted by Crippen LogP contribution is -2.48. The fourth-order valence-corrected chi connectivity index (χ4v) is 4.90. The average Bonchev–Trinajstić information content (AvgIpc) is 2.73. The quantitative estimate of drug-likeness (QED) is 0.761. The number of hydrogen-bond donors (Lipinski definition) is 1. The van der Waals surface area contributed by atoms with Gasteiger partial charge < -0.3 is 19.5 Å². The van der Waals surface area contributed by atoms with Crippen molar-refractivity contribution in [2.24, 2.45) is 0 Å². The average molecular weight is 429 g/mol. The van der Waals surface area contributed by atoms with Crippen molar-refractivity contribution in [1.29, 1.82) is 0 Å². The molecule has 1 aliphatic rings. The Morgan fingerprint density at radius 1 is 1.00 bits per heavy atom. The lowest BCUT2D eigenvalue weighted by molar-refractivity contribution is 0.264. The SMILES string of the molecule is COc1cc(OC)cc(S(=O)(=O)N2CCNCC2c2ccccc2OC)c1.Cl. The molecule has 7 nitrogen and oxygen atoms in total. The molecule has 1 heterocycles. The van der Waals surface area contributed by atoms with Crippen molar-refractivity contribution in [2.75, 3.05) is 41.0 Å². The van der Waals surface area contributed by atoms with Crippen LogP contribution in [0, 0.1) is 0 Å². The molecule has 0 radical (unpaired) electrons. The summed E-state index contributed by atoms with van der Waals surface area (Å²) in [5.41, 5.74) is 0.825. The van der Waals surface area contributed by atoms with Crippen LogP contribution in [0.25, 0.3) is 0 Å².